The summed E-state index contributed by atoms with van der Waals surface area (Å²) >= 11 is 0. The average Bonchev–Trinajstić information content (AvgIpc) is 2.48. The highest BCUT2D eigenvalue weighted by Crippen LogP contribution is 2.17. The molecule has 22 heavy (non-hydrogen) atoms. The topological polar surface area (TPSA) is 101 Å². The van der Waals surface area contributed by atoms with Crippen LogP contribution in [0.1, 0.15) is 6.92 Å². The number of rotatable bonds is 4. The molecule has 0 saturated carbocycles. The van der Waals surface area contributed by atoms with Gasteiger partial charge in [-0.1, -0.05) is 0 Å². The first-order chi connectivity index (χ1) is 10.5. The monoisotopic (exact) mass is 298 g/mol. The second-order valence-electron chi connectivity index (χ2n) is 4.87. The van der Waals surface area contributed by atoms with E-state index >= 15 is 0 Å². The molecule has 0 unspecified atom stereocenters. The first kappa shape index (κ1) is 15.4. The third-order valence-corrected chi connectivity index (χ3v) is 3.08. The van der Waals surface area contributed by atoms with Crippen molar-refractivity contribution in [3.8, 4) is 0 Å². The van der Waals surface area contributed by atoms with Crippen molar-refractivity contribution in [2.75, 3.05) is 28.2 Å². The Balaban J connectivity index is 2.07. The number of amides is 2. The summed E-state index contributed by atoms with van der Waals surface area (Å²) < 4.78 is 0. The fourth-order valence-corrected chi connectivity index (χ4v) is 1.95. The number of nitrogens with two attached hydrogens (primary N) is 2. The van der Waals surface area contributed by atoms with E-state index in [0.29, 0.717) is 22.7 Å². The van der Waals surface area contributed by atoms with Crippen molar-refractivity contribution in [1.82, 2.24) is 0 Å². The van der Waals surface area contributed by atoms with Gasteiger partial charge in [0.05, 0.1) is 0 Å². The molecule has 0 radical (unpaired) electrons. The van der Waals surface area contributed by atoms with Gasteiger partial charge in [-0.05, 0) is 48.5 Å². The lowest BCUT2D eigenvalue weighted by molar-refractivity contribution is -0.120. The first-order valence-corrected chi connectivity index (χ1v) is 6.75. The van der Waals surface area contributed by atoms with E-state index in [1.807, 2.05) is 0 Å². The molecule has 0 aliphatic carbocycles. The van der Waals surface area contributed by atoms with Crippen LogP contribution in [0.5, 0.6) is 0 Å². The fourth-order valence-electron chi connectivity index (χ4n) is 1.95. The van der Waals surface area contributed by atoms with E-state index in [0.717, 1.165) is 0 Å². The molecular weight excluding hydrogens is 280 g/mol. The van der Waals surface area contributed by atoms with Crippen LogP contribution in [0.3, 0.4) is 0 Å². The summed E-state index contributed by atoms with van der Waals surface area (Å²) in [6, 6.07) is 13.6. The third kappa shape index (κ3) is 3.99. The lowest BCUT2D eigenvalue weighted by atomic mass is 10.2. The Morgan fingerprint density at radius 1 is 0.955 bits per heavy atom. The van der Waals surface area contributed by atoms with Crippen LogP contribution in [0, 0.1) is 0 Å². The molecule has 0 saturated heterocycles. The summed E-state index contributed by atoms with van der Waals surface area (Å²) in [5.41, 5.74) is 13.7. The fraction of sp³-hybridized carbons (Fsp3) is 0.125. The van der Waals surface area contributed by atoms with E-state index in [9.17, 15) is 9.59 Å². The van der Waals surface area contributed by atoms with Crippen LogP contribution >= 0.6 is 0 Å². The minimum atomic E-state index is -0.295. The van der Waals surface area contributed by atoms with Gasteiger partial charge < -0.3 is 21.7 Å². The molecule has 114 valence electrons. The Kier molecular flexibility index (Phi) is 4.63. The first-order valence-electron chi connectivity index (χ1n) is 6.75. The molecule has 0 aliphatic rings. The predicted octanol–water partition coefficient (Wildman–Crippen LogP) is 1.84. The van der Waals surface area contributed by atoms with Gasteiger partial charge in [0.15, 0.2) is 0 Å². The number of carbonyl (C=O) groups excluding carboxylic acids is 2. The van der Waals surface area contributed by atoms with Crippen LogP contribution in [-0.4, -0.2) is 18.4 Å². The van der Waals surface area contributed by atoms with Crippen molar-refractivity contribution in [2.24, 2.45) is 0 Å². The smallest absolute Gasteiger partial charge is 0.244 e. The summed E-state index contributed by atoms with van der Waals surface area (Å²) in [5, 5.41) is 2.72. The number of anilines is 4. The number of carbonyl (C=O) groups is 2. The minimum Gasteiger partial charge on any atom is -0.399 e. The number of hydrogen-bond acceptors (Lipinski definition) is 4. The van der Waals surface area contributed by atoms with Gasteiger partial charge in [-0.3, -0.25) is 9.59 Å². The summed E-state index contributed by atoms with van der Waals surface area (Å²) in [5.74, 6) is -0.519. The Morgan fingerprint density at radius 2 is 1.45 bits per heavy atom. The molecule has 2 amide bonds. The van der Waals surface area contributed by atoms with Crippen molar-refractivity contribution < 1.29 is 9.59 Å². The van der Waals surface area contributed by atoms with Crippen molar-refractivity contribution >= 4 is 34.6 Å². The Hall–Kier alpha value is -3.02. The van der Waals surface area contributed by atoms with Gasteiger partial charge in [-0.25, -0.2) is 0 Å². The van der Waals surface area contributed by atoms with Crippen LogP contribution < -0.4 is 21.7 Å². The van der Waals surface area contributed by atoms with E-state index < -0.39 is 0 Å². The van der Waals surface area contributed by atoms with Crippen LogP contribution in [0.4, 0.5) is 22.7 Å². The van der Waals surface area contributed by atoms with E-state index in [4.69, 9.17) is 11.5 Å². The van der Waals surface area contributed by atoms with Crippen LogP contribution in [0.2, 0.25) is 0 Å². The van der Waals surface area contributed by atoms with E-state index in [2.05, 4.69) is 5.32 Å². The number of nitrogen functional groups attached to an aromatic ring is 2. The summed E-state index contributed by atoms with van der Waals surface area (Å²) in [7, 11) is 0. The zero-order valence-electron chi connectivity index (χ0n) is 12.2. The summed E-state index contributed by atoms with van der Waals surface area (Å²) in [6.07, 6.45) is 0. The second-order valence-corrected chi connectivity index (χ2v) is 4.87. The molecule has 0 fully saturated rings. The van der Waals surface area contributed by atoms with Crippen LogP contribution in [0.15, 0.2) is 48.5 Å². The highest BCUT2D eigenvalue weighted by atomic mass is 16.2. The quantitative estimate of drug-likeness (QED) is 0.750. The van der Waals surface area contributed by atoms with Crippen molar-refractivity contribution in [1.29, 1.82) is 0 Å². The third-order valence-electron chi connectivity index (χ3n) is 3.08. The van der Waals surface area contributed by atoms with Gasteiger partial charge in [0.2, 0.25) is 11.8 Å². The molecule has 0 aliphatic heterocycles. The average molecular weight is 298 g/mol. The lowest BCUT2D eigenvalue weighted by Crippen LogP contribution is -2.36. The Labute approximate surface area is 128 Å². The Bertz CT molecular complexity index is 666. The SMILES string of the molecule is CC(=O)N(CC(=O)Nc1ccc(N)cc1)c1ccc(N)cc1. The van der Waals surface area contributed by atoms with E-state index in [1.54, 1.807) is 48.5 Å². The highest BCUT2D eigenvalue weighted by molar-refractivity contribution is 6.01. The number of benzene rings is 2. The van der Waals surface area contributed by atoms with Crippen LogP contribution in [-0.2, 0) is 9.59 Å². The van der Waals surface area contributed by atoms with Gasteiger partial charge in [-0.15, -0.1) is 0 Å². The summed E-state index contributed by atoms with van der Waals surface area (Å²) in [4.78, 5) is 25.2. The normalized spacial score (nSPS) is 10.0. The zero-order chi connectivity index (χ0) is 16.1. The largest absolute Gasteiger partial charge is 0.399 e. The van der Waals surface area contributed by atoms with Crippen molar-refractivity contribution in [2.45, 2.75) is 6.92 Å². The van der Waals surface area contributed by atoms with Gasteiger partial charge in [-0.2, -0.15) is 0 Å². The molecule has 0 aromatic heterocycles. The summed E-state index contributed by atoms with van der Waals surface area (Å²) in [6.45, 7) is 1.33. The molecule has 0 heterocycles. The van der Waals surface area contributed by atoms with Gasteiger partial charge in [0, 0.05) is 29.7 Å². The maximum Gasteiger partial charge on any atom is 0.244 e. The van der Waals surface area contributed by atoms with Crippen molar-refractivity contribution in [3.05, 3.63) is 48.5 Å². The molecule has 0 spiro atoms. The standard InChI is InChI=1S/C16H18N4O2/c1-11(21)20(15-8-4-13(18)5-9-15)10-16(22)19-14-6-2-12(17)3-7-14/h2-9H,10,17-18H2,1H3,(H,19,22). The molecule has 0 bridgehead atoms. The van der Waals surface area contributed by atoms with Gasteiger partial charge in [0.1, 0.15) is 6.54 Å². The van der Waals surface area contributed by atoms with Crippen molar-refractivity contribution in [3.63, 3.8) is 0 Å². The highest BCUT2D eigenvalue weighted by Gasteiger charge is 2.15. The predicted molar refractivity (Wildman–Crippen MR) is 88.4 cm³/mol. The van der Waals surface area contributed by atoms with E-state index in [1.165, 1.54) is 11.8 Å². The second kappa shape index (κ2) is 6.62. The number of hydrogen-bond donors (Lipinski definition) is 3. The lowest BCUT2D eigenvalue weighted by Gasteiger charge is -2.20. The number of nitrogens with zero attached hydrogens (tertiary/aromatic N) is 1. The molecule has 5 N–H and O–H groups in total. The van der Waals surface area contributed by atoms with Gasteiger partial charge >= 0.3 is 0 Å². The molecule has 0 atom stereocenters. The molecule has 6 heteroatoms. The molecule has 2 rings (SSSR count). The van der Waals surface area contributed by atoms with Crippen LogP contribution in [0.25, 0.3) is 0 Å². The molecule has 2 aromatic rings. The maximum absolute atomic E-state index is 12.1. The minimum absolute atomic E-state index is 0.0797. The van der Waals surface area contributed by atoms with Gasteiger partial charge in [0.25, 0.3) is 0 Å². The number of nitrogens with one attached hydrogen (secondary N) is 1. The zero-order valence-corrected chi connectivity index (χ0v) is 12.2. The van der Waals surface area contributed by atoms with E-state index in [-0.39, 0.29) is 18.4 Å². The molecular formula is C16H18N4O2. The molecule has 6 nitrogen and oxygen atoms in total. The molecule has 2 aromatic carbocycles. The maximum atomic E-state index is 12.1. The Morgan fingerprint density at radius 3 is 1.95 bits per heavy atom.